The number of hydrogen-bond donors (Lipinski definition) is 2. The standard InChI is InChI=1S/C14H16N2O3/c1-2-3-9-4-5-11-10(8-9)14(19)12(16-15-11)6-7-13(17)18/h4-5,8H,2-3,6-7H2,1H3,(H,15,19)(H,17,18). The van der Waals surface area contributed by atoms with E-state index in [0.717, 1.165) is 18.4 Å². The Labute approximate surface area is 110 Å². The number of aliphatic carboxylic acids is 1. The summed E-state index contributed by atoms with van der Waals surface area (Å²) in [5, 5.41) is 16.0. The molecule has 2 rings (SSSR count). The zero-order valence-corrected chi connectivity index (χ0v) is 10.8. The van der Waals surface area contributed by atoms with Gasteiger partial charge in [0.25, 0.3) is 0 Å². The van der Waals surface area contributed by atoms with Gasteiger partial charge in [-0.25, -0.2) is 0 Å². The average Bonchev–Trinajstić information content (AvgIpc) is 2.39. The lowest BCUT2D eigenvalue weighted by Crippen LogP contribution is -2.15. The monoisotopic (exact) mass is 260 g/mol. The second-order valence-electron chi connectivity index (χ2n) is 4.52. The van der Waals surface area contributed by atoms with Crippen LogP contribution in [0.5, 0.6) is 0 Å². The molecule has 0 radical (unpaired) electrons. The lowest BCUT2D eigenvalue weighted by atomic mass is 10.1. The average molecular weight is 260 g/mol. The van der Waals surface area contributed by atoms with Gasteiger partial charge >= 0.3 is 5.97 Å². The van der Waals surface area contributed by atoms with Gasteiger partial charge in [-0.2, -0.15) is 5.10 Å². The minimum absolute atomic E-state index is 0.0871. The lowest BCUT2D eigenvalue weighted by molar-refractivity contribution is -0.136. The molecule has 0 unspecified atom stereocenters. The summed E-state index contributed by atoms with van der Waals surface area (Å²) < 4.78 is 0. The Hall–Kier alpha value is -2.17. The fourth-order valence-corrected chi connectivity index (χ4v) is 2.05. The SMILES string of the molecule is CCCc1ccc2[nH]nc(CCC(=O)O)c(=O)c2c1. The maximum atomic E-state index is 12.2. The molecule has 0 atom stereocenters. The molecule has 1 aromatic heterocycles. The van der Waals surface area contributed by atoms with E-state index in [1.807, 2.05) is 18.2 Å². The van der Waals surface area contributed by atoms with Crippen LogP contribution < -0.4 is 5.43 Å². The highest BCUT2D eigenvalue weighted by molar-refractivity contribution is 5.79. The lowest BCUT2D eigenvalue weighted by Gasteiger charge is -2.04. The smallest absolute Gasteiger partial charge is 0.303 e. The van der Waals surface area contributed by atoms with Crippen LogP contribution in [0, 0.1) is 0 Å². The van der Waals surface area contributed by atoms with Gasteiger partial charge in [0, 0.05) is 11.8 Å². The van der Waals surface area contributed by atoms with E-state index in [9.17, 15) is 9.59 Å². The van der Waals surface area contributed by atoms with Gasteiger partial charge in [-0.05, 0) is 24.1 Å². The van der Waals surface area contributed by atoms with E-state index < -0.39 is 5.97 Å². The Balaban J connectivity index is 2.43. The van der Waals surface area contributed by atoms with Gasteiger partial charge in [0.15, 0.2) is 0 Å². The number of rotatable bonds is 5. The molecule has 0 aliphatic rings. The maximum Gasteiger partial charge on any atom is 0.303 e. The Morgan fingerprint density at radius 1 is 1.37 bits per heavy atom. The Morgan fingerprint density at radius 3 is 2.84 bits per heavy atom. The van der Waals surface area contributed by atoms with Gasteiger partial charge in [-0.15, -0.1) is 0 Å². The van der Waals surface area contributed by atoms with Crippen LogP contribution in [0.4, 0.5) is 0 Å². The molecule has 0 saturated heterocycles. The van der Waals surface area contributed by atoms with Crippen LogP contribution in [0.3, 0.4) is 0 Å². The number of nitrogens with zero attached hydrogens (tertiary/aromatic N) is 1. The fraction of sp³-hybridized carbons (Fsp3) is 0.357. The van der Waals surface area contributed by atoms with Crippen LogP contribution in [0.15, 0.2) is 23.0 Å². The van der Waals surface area contributed by atoms with Gasteiger partial charge in [0.2, 0.25) is 5.43 Å². The molecule has 5 nitrogen and oxygen atoms in total. The molecule has 0 aliphatic carbocycles. The number of nitrogens with one attached hydrogen (secondary N) is 1. The zero-order valence-electron chi connectivity index (χ0n) is 10.8. The molecule has 0 fully saturated rings. The molecule has 1 heterocycles. The van der Waals surface area contributed by atoms with Crippen molar-refractivity contribution in [1.82, 2.24) is 10.2 Å². The normalized spacial score (nSPS) is 10.8. The summed E-state index contributed by atoms with van der Waals surface area (Å²) in [5.41, 5.74) is 1.90. The first-order valence-electron chi connectivity index (χ1n) is 6.33. The zero-order chi connectivity index (χ0) is 13.8. The Morgan fingerprint density at radius 2 is 2.16 bits per heavy atom. The number of carboxylic acid groups (broad SMARTS) is 1. The molecular weight excluding hydrogens is 244 g/mol. The third-order valence-electron chi connectivity index (χ3n) is 3.02. The molecule has 0 amide bonds. The molecule has 0 aliphatic heterocycles. The van der Waals surface area contributed by atoms with Crippen molar-refractivity contribution in [1.29, 1.82) is 0 Å². The Bertz CT molecular complexity index is 661. The number of aromatic amines is 1. The van der Waals surface area contributed by atoms with Gasteiger partial charge < -0.3 is 5.11 Å². The number of aromatic nitrogens is 2. The first-order valence-corrected chi connectivity index (χ1v) is 6.33. The first-order chi connectivity index (χ1) is 9.11. The van der Waals surface area contributed by atoms with Gasteiger partial charge in [0.1, 0.15) is 5.69 Å². The summed E-state index contributed by atoms with van der Waals surface area (Å²) in [7, 11) is 0. The van der Waals surface area contributed by atoms with E-state index in [1.54, 1.807) is 0 Å². The van der Waals surface area contributed by atoms with Crippen LogP contribution in [-0.2, 0) is 17.6 Å². The number of carbonyl (C=O) groups is 1. The predicted molar refractivity (Wildman–Crippen MR) is 72.3 cm³/mol. The highest BCUT2D eigenvalue weighted by Gasteiger charge is 2.09. The highest BCUT2D eigenvalue weighted by atomic mass is 16.4. The molecule has 0 bridgehead atoms. The van der Waals surface area contributed by atoms with Crippen molar-refractivity contribution in [2.24, 2.45) is 0 Å². The summed E-state index contributed by atoms with van der Waals surface area (Å²) >= 11 is 0. The van der Waals surface area contributed by atoms with E-state index in [1.165, 1.54) is 0 Å². The van der Waals surface area contributed by atoms with Crippen molar-refractivity contribution in [3.05, 3.63) is 39.7 Å². The number of H-pyrrole nitrogens is 1. The molecular formula is C14H16N2O3. The Kier molecular flexibility index (Phi) is 3.94. The van der Waals surface area contributed by atoms with Gasteiger partial charge in [-0.1, -0.05) is 19.4 Å². The van der Waals surface area contributed by atoms with Crippen molar-refractivity contribution in [3.8, 4) is 0 Å². The quantitative estimate of drug-likeness (QED) is 0.860. The third kappa shape index (κ3) is 2.99. The van der Waals surface area contributed by atoms with E-state index in [-0.39, 0.29) is 24.0 Å². The second kappa shape index (κ2) is 5.65. The van der Waals surface area contributed by atoms with Gasteiger partial charge in [-0.3, -0.25) is 14.7 Å². The summed E-state index contributed by atoms with van der Waals surface area (Å²) in [6.07, 6.45) is 2.00. The number of aryl methyl sites for hydroxylation is 2. The maximum absolute atomic E-state index is 12.2. The third-order valence-corrected chi connectivity index (χ3v) is 3.02. The topological polar surface area (TPSA) is 83.1 Å². The number of hydrogen-bond acceptors (Lipinski definition) is 3. The minimum Gasteiger partial charge on any atom is -0.481 e. The molecule has 2 N–H and O–H groups in total. The second-order valence-corrected chi connectivity index (χ2v) is 4.52. The molecule has 19 heavy (non-hydrogen) atoms. The summed E-state index contributed by atoms with van der Waals surface area (Å²) in [6.45, 7) is 2.08. The highest BCUT2D eigenvalue weighted by Crippen LogP contribution is 2.12. The van der Waals surface area contributed by atoms with Crippen molar-refractivity contribution in [2.45, 2.75) is 32.6 Å². The van der Waals surface area contributed by atoms with Crippen LogP contribution >= 0.6 is 0 Å². The number of carboxylic acids is 1. The summed E-state index contributed by atoms with van der Waals surface area (Å²) in [6, 6.07) is 5.68. The molecule has 1 aromatic carbocycles. The van der Waals surface area contributed by atoms with Crippen LogP contribution in [-0.4, -0.2) is 21.3 Å². The summed E-state index contributed by atoms with van der Waals surface area (Å²) in [5.74, 6) is -0.930. The molecule has 100 valence electrons. The number of fused-ring (bicyclic) bond motifs is 1. The van der Waals surface area contributed by atoms with Crippen molar-refractivity contribution in [2.75, 3.05) is 0 Å². The van der Waals surface area contributed by atoms with Crippen LogP contribution in [0.1, 0.15) is 31.0 Å². The molecule has 2 aromatic rings. The van der Waals surface area contributed by atoms with E-state index in [4.69, 9.17) is 5.11 Å². The van der Waals surface area contributed by atoms with E-state index in [2.05, 4.69) is 17.1 Å². The number of benzene rings is 1. The fourth-order valence-electron chi connectivity index (χ4n) is 2.05. The van der Waals surface area contributed by atoms with E-state index in [0.29, 0.717) is 10.9 Å². The molecule has 5 heteroatoms. The van der Waals surface area contributed by atoms with Crippen LogP contribution in [0.2, 0.25) is 0 Å². The summed E-state index contributed by atoms with van der Waals surface area (Å²) in [4.78, 5) is 22.8. The van der Waals surface area contributed by atoms with Crippen molar-refractivity contribution in [3.63, 3.8) is 0 Å². The van der Waals surface area contributed by atoms with E-state index >= 15 is 0 Å². The van der Waals surface area contributed by atoms with Crippen molar-refractivity contribution < 1.29 is 9.90 Å². The minimum atomic E-state index is -0.930. The van der Waals surface area contributed by atoms with Gasteiger partial charge in [0.05, 0.1) is 11.9 Å². The predicted octanol–water partition coefficient (Wildman–Crippen LogP) is 1.89. The first kappa shape index (κ1) is 13.3. The van der Waals surface area contributed by atoms with Crippen LogP contribution in [0.25, 0.3) is 10.9 Å². The molecule has 0 spiro atoms. The molecule has 0 saturated carbocycles. The largest absolute Gasteiger partial charge is 0.481 e. The van der Waals surface area contributed by atoms with Crippen molar-refractivity contribution >= 4 is 16.9 Å².